The minimum atomic E-state index is -0.428. The van der Waals surface area contributed by atoms with Crippen molar-refractivity contribution in [2.24, 2.45) is 11.8 Å². The molecule has 0 aromatic carbocycles. The first-order valence-electron chi connectivity index (χ1n) is 3.94. The molecule has 2 nitrogen and oxygen atoms in total. The third-order valence-corrected chi connectivity index (χ3v) is 2.57. The van der Waals surface area contributed by atoms with Crippen LogP contribution in [-0.2, 0) is 4.79 Å². The maximum atomic E-state index is 11.2. The van der Waals surface area contributed by atoms with Crippen molar-refractivity contribution in [3.05, 3.63) is 11.6 Å². The molecule has 0 amide bonds. The number of carbonyl (C=O) groups excluding carboxylic acids is 1. The Balaban J connectivity index is 2.92. The highest BCUT2D eigenvalue weighted by atomic mass is 16.3. The van der Waals surface area contributed by atoms with Gasteiger partial charge in [-0.1, -0.05) is 13.8 Å². The van der Waals surface area contributed by atoms with Crippen LogP contribution in [0.2, 0.25) is 0 Å². The van der Waals surface area contributed by atoms with Gasteiger partial charge in [0.15, 0.2) is 5.78 Å². The van der Waals surface area contributed by atoms with Gasteiger partial charge in [-0.3, -0.25) is 4.79 Å². The van der Waals surface area contributed by atoms with Gasteiger partial charge in [0.05, 0.1) is 6.10 Å². The van der Waals surface area contributed by atoms with Crippen LogP contribution in [0.4, 0.5) is 0 Å². The highest BCUT2D eigenvalue weighted by molar-refractivity contribution is 5.93. The summed E-state index contributed by atoms with van der Waals surface area (Å²) in [5, 5.41) is 9.51. The van der Waals surface area contributed by atoms with Crippen molar-refractivity contribution in [3.63, 3.8) is 0 Å². The average Bonchev–Trinajstić information content (AvgIpc) is 1.97. The second-order valence-corrected chi connectivity index (χ2v) is 3.38. The molecule has 1 aliphatic carbocycles. The predicted octanol–water partition coefficient (Wildman–Crippen LogP) is 1.15. The predicted molar refractivity (Wildman–Crippen MR) is 43.1 cm³/mol. The van der Waals surface area contributed by atoms with Crippen molar-refractivity contribution < 1.29 is 9.90 Å². The minimum absolute atomic E-state index is 0.0336. The molecule has 62 valence electrons. The fourth-order valence-electron chi connectivity index (χ4n) is 1.39. The second-order valence-electron chi connectivity index (χ2n) is 3.38. The molecule has 0 spiro atoms. The van der Waals surface area contributed by atoms with E-state index in [9.17, 15) is 9.90 Å². The summed E-state index contributed by atoms with van der Waals surface area (Å²) in [5.41, 5.74) is 0.792. The van der Waals surface area contributed by atoms with E-state index in [4.69, 9.17) is 0 Å². The van der Waals surface area contributed by atoms with E-state index in [1.807, 2.05) is 13.8 Å². The molecular formula is C9H14O2. The van der Waals surface area contributed by atoms with E-state index in [1.165, 1.54) is 0 Å². The Morgan fingerprint density at radius 3 is 2.55 bits per heavy atom. The summed E-state index contributed by atoms with van der Waals surface area (Å²) >= 11 is 0. The normalized spacial score (nSPS) is 38.7. The molecule has 0 fully saturated rings. The Kier molecular flexibility index (Phi) is 2.14. The van der Waals surface area contributed by atoms with Crippen LogP contribution in [0.5, 0.6) is 0 Å². The minimum Gasteiger partial charge on any atom is -0.388 e. The molecule has 11 heavy (non-hydrogen) atoms. The molecule has 0 aromatic rings. The average molecular weight is 154 g/mol. The number of ketones is 1. The number of carbonyl (C=O) groups is 1. The van der Waals surface area contributed by atoms with Crippen LogP contribution in [0.1, 0.15) is 20.8 Å². The standard InChI is InChI=1S/C9H14O2/c1-5-4-8(10)6(2)7(3)9(5)11/h4,6-7,9,11H,1-3H3. The number of aliphatic hydroxyl groups is 1. The Morgan fingerprint density at radius 2 is 2.00 bits per heavy atom. The largest absolute Gasteiger partial charge is 0.388 e. The van der Waals surface area contributed by atoms with Gasteiger partial charge in [0.2, 0.25) is 0 Å². The molecule has 2 heteroatoms. The second kappa shape index (κ2) is 2.78. The molecule has 0 radical (unpaired) electrons. The van der Waals surface area contributed by atoms with E-state index >= 15 is 0 Å². The Morgan fingerprint density at radius 1 is 1.45 bits per heavy atom. The van der Waals surface area contributed by atoms with E-state index in [0.29, 0.717) is 0 Å². The number of rotatable bonds is 0. The van der Waals surface area contributed by atoms with Gasteiger partial charge in [0.25, 0.3) is 0 Å². The highest BCUT2D eigenvalue weighted by Gasteiger charge is 2.30. The molecule has 0 saturated heterocycles. The third-order valence-electron chi connectivity index (χ3n) is 2.57. The van der Waals surface area contributed by atoms with Gasteiger partial charge >= 0.3 is 0 Å². The van der Waals surface area contributed by atoms with Gasteiger partial charge in [0, 0.05) is 5.92 Å². The fourth-order valence-corrected chi connectivity index (χ4v) is 1.39. The van der Waals surface area contributed by atoms with Crippen LogP contribution in [-0.4, -0.2) is 17.0 Å². The summed E-state index contributed by atoms with van der Waals surface area (Å²) in [6, 6.07) is 0. The fraction of sp³-hybridized carbons (Fsp3) is 0.667. The van der Waals surface area contributed by atoms with Crippen molar-refractivity contribution in [1.29, 1.82) is 0 Å². The smallest absolute Gasteiger partial charge is 0.158 e. The lowest BCUT2D eigenvalue weighted by Crippen LogP contribution is -2.33. The summed E-state index contributed by atoms with van der Waals surface area (Å²) in [6.07, 6.45) is 1.12. The van der Waals surface area contributed by atoms with Crippen LogP contribution in [0.15, 0.2) is 11.6 Å². The van der Waals surface area contributed by atoms with Gasteiger partial charge in [0.1, 0.15) is 0 Å². The zero-order valence-electron chi connectivity index (χ0n) is 7.16. The van der Waals surface area contributed by atoms with Gasteiger partial charge < -0.3 is 5.11 Å². The molecule has 1 rings (SSSR count). The molecule has 3 atom stereocenters. The molecule has 0 heterocycles. The van der Waals surface area contributed by atoms with Crippen molar-refractivity contribution in [3.8, 4) is 0 Å². The van der Waals surface area contributed by atoms with Gasteiger partial charge in [-0.2, -0.15) is 0 Å². The topological polar surface area (TPSA) is 37.3 Å². The summed E-state index contributed by atoms with van der Waals surface area (Å²) in [5.74, 6) is 0.168. The van der Waals surface area contributed by atoms with E-state index in [2.05, 4.69) is 0 Å². The lowest BCUT2D eigenvalue weighted by Gasteiger charge is -2.28. The van der Waals surface area contributed by atoms with E-state index < -0.39 is 6.10 Å². The molecule has 0 aliphatic heterocycles. The van der Waals surface area contributed by atoms with E-state index in [-0.39, 0.29) is 17.6 Å². The number of hydrogen-bond acceptors (Lipinski definition) is 2. The summed E-state index contributed by atoms with van der Waals surface area (Å²) in [7, 11) is 0. The number of allylic oxidation sites excluding steroid dienone is 1. The summed E-state index contributed by atoms with van der Waals surface area (Å²) < 4.78 is 0. The molecule has 0 bridgehead atoms. The monoisotopic (exact) mass is 154 g/mol. The van der Waals surface area contributed by atoms with Gasteiger partial charge in [-0.15, -0.1) is 0 Å². The Bertz CT molecular complexity index is 206. The summed E-state index contributed by atoms with van der Waals surface area (Å²) in [4.78, 5) is 11.2. The van der Waals surface area contributed by atoms with Crippen molar-refractivity contribution in [2.45, 2.75) is 26.9 Å². The van der Waals surface area contributed by atoms with Crippen LogP contribution in [0.3, 0.4) is 0 Å². The van der Waals surface area contributed by atoms with Crippen LogP contribution in [0, 0.1) is 11.8 Å². The van der Waals surface area contributed by atoms with Crippen molar-refractivity contribution in [1.82, 2.24) is 0 Å². The lowest BCUT2D eigenvalue weighted by atomic mass is 9.79. The Labute approximate surface area is 66.9 Å². The number of aliphatic hydroxyl groups excluding tert-OH is 1. The lowest BCUT2D eigenvalue weighted by molar-refractivity contribution is -0.121. The SMILES string of the molecule is CC1=CC(=O)C(C)C(C)C1O. The molecule has 0 saturated carbocycles. The van der Waals surface area contributed by atoms with Gasteiger partial charge in [-0.05, 0) is 24.5 Å². The quantitative estimate of drug-likeness (QED) is 0.568. The molecule has 3 unspecified atom stereocenters. The summed E-state index contributed by atoms with van der Waals surface area (Å²) in [6.45, 7) is 5.56. The van der Waals surface area contributed by atoms with Crippen molar-refractivity contribution >= 4 is 5.78 Å². The molecular weight excluding hydrogens is 140 g/mol. The van der Waals surface area contributed by atoms with Crippen molar-refractivity contribution in [2.75, 3.05) is 0 Å². The zero-order valence-corrected chi connectivity index (χ0v) is 7.16. The van der Waals surface area contributed by atoms with E-state index in [1.54, 1.807) is 13.0 Å². The number of hydrogen-bond donors (Lipinski definition) is 1. The maximum absolute atomic E-state index is 11.2. The first-order valence-corrected chi connectivity index (χ1v) is 3.94. The van der Waals surface area contributed by atoms with Crippen LogP contribution in [0.25, 0.3) is 0 Å². The van der Waals surface area contributed by atoms with Crippen LogP contribution < -0.4 is 0 Å². The zero-order chi connectivity index (χ0) is 8.59. The van der Waals surface area contributed by atoms with Gasteiger partial charge in [-0.25, -0.2) is 0 Å². The Hall–Kier alpha value is -0.630. The molecule has 0 aromatic heterocycles. The van der Waals surface area contributed by atoms with E-state index in [0.717, 1.165) is 5.57 Å². The highest BCUT2D eigenvalue weighted by Crippen LogP contribution is 2.26. The maximum Gasteiger partial charge on any atom is 0.158 e. The first-order chi connectivity index (χ1) is 5.04. The molecule has 1 N–H and O–H groups in total. The first kappa shape index (κ1) is 8.47. The molecule has 1 aliphatic rings. The third kappa shape index (κ3) is 1.36. The van der Waals surface area contributed by atoms with Crippen LogP contribution >= 0.6 is 0 Å².